The van der Waals surface area contributed by atoms with Crippen molar-refractivity contribution in [3.63, 3.8) is 0 Å². The van der Waals surface area contributed by atoms with E-state index >= 15 is 0 Å². The van der Waals surface area contributed by atoms with E-state index in [0.717, 1.165) is 25.2 Å². The molecular weight excluding hydrogens is 212 g/mol. The molecule has 1 saturated carbocycles. The van der Waals surface area contributed by atoms with Crippen LogP contribution in [0.2, 0.25) is 0 Å². The highest BCUT2D eigenvalue weighted by Crippen LogP contribution is 2.34. The second-order valence-electron chi connectivity index (χ2n) is 5.67. The highest BCUT2D eigenvalue weighted by molar-refractivity contribution is 5.89. The van der Waals surface area contributed by atoms with E-state index in [1.807, 2.05) is 13.8 Å². The van der Waals surface area contributed by atoms with Crippen molar-refractivity contribution in [2.75, 3.05) is 19.6 Å². The fourth-order valence-electron chi connectivity index (χ4n) is 3.17. The molecule has 2 aliphatic rings. The van der Waals surface area contributed by atoms with E-state index < -0.39 is 0 Å². The lowest BCUT2D eigenvalue weighted by atomic mass is 9.79. The van der Waals surface area contributed by atoms with E-state index in [9.17, 15) is 4.79 Å². The van der Waals surface area contributed by atoms with Gasteiger partial charge in [0.05, 0.1) is 5.54 Å². The average Bonchev–Trinajstić information content (AvgIpc) is 2.29. The summed E-state index contributed by atoms with van der Waals surface area (Å²) in [5, 5.41) is 3.47. The van der Waals surface area contributed by atoms with Crippen LogP contribution in [0.1, 0.15) is 46.0 Å². The van der Waals surface area contributed by atoms with Crippen molar-refractivity contribution in [1.82, 2.24) is 10.2 Å². The molecule has 2 rings (SSSR count). The van der Waals surface area contributed by atoms with Crippen LogP contribution >= 0.6 is 0 Å². The number of nitrogens with zero attached hydrogens (tertiary/aromatic N) is 1. The monoisotopic (exact) mass is 236 g/mol. The van der Waals surface area contributed by atoms with Crippen molar-refractivity contribution >= 4 is 5.91 Å². The molecule has 1 heterocycles. The topological polar surface area (TPSA) is 32.3 Å². The Kier molecular flexibility index (Phi) is 3.87. The molecule has 1 aliphatic heterocycles. The molecule has 96 valence electrons. The molecule has 3 nitrogen and oxygen atoms in total. The second-order valence-corrected chi connectivity index (χ2v) is 5.67. The van der Waals surface area contributed by atoms with Crippen LogP contribution in [0.25, 0.3) is 0 Å². The first-order chi connectivity index (χ1) is 8.14. The summed E-state index contributed by atoms with van der Waals surface area (Å²) in [7, 11) is 0. The van der Waals surface area contributed by atoms with Gasteiger partial charge in [-0.15, -0.1) is 0 Å². The number of carbonyl (C=O) groups is 1. The molecule has 3 heteroatoms. The van der Waals surface area contributed by atoms with Crippen LogP contribution < -0.4 is 5.32 Å². The molecule has 0 aromatic rings. The van der Waals surface area contributed by atoms with Gasteiger partial charge >= 0.3 is 0 Å². The molecule has 0 aromatic carbocycles. The van der Waals surface area contributed by atoms with E-state index in [-0.39, 0.29) is 11.4 Å². The first kappa shape index (κ1) is 12.6. The number of hydrogen-bond acceptors (Lipinski definition) is 2. The number of piperazine rings is 1. The van der Waals surface area contributed by atoms with Gasteiger partial charge in [0.1, 0.15) is 0 Å². The van der Waals surface area contributed by atoms with Gasteiger partial charge in [0, 0.05) is 25.7 Å². The van der Waals surface area contributed by atoms with Gasteiger partial charge in [-0.2, -0.15) is 0 Å². The smallest absolute Gasteiger partial charge is 0.247 e. The van der Waals surface area contributed by atoms with Gasteiger partial charge < -0.3 is 10.2 Å². The van der Waals surface area contributed by atoms with Gasteiger partial charge in [-0.3, -0.25) is 4.79 Å². The maximum absolute atomic E-state index is 12.3. The van der Waals surface area contributed by atoms with E-state index in [1.54, 1.807) is 6.08 Å². The molecule has 1 N–H and O–H groups in total. The summed E-state index contributed by atoms with van der Waals surface area (Å²) in [6, 6.07) is 0. The summed E-state index contributed by atoms with van der Waals surface area (Å²) < 4.78 is 0. The lowest BCUT2D eigenvalue weighted by Gasteiger charge is -2.49. The highest BCUT2D eigenvalue weighted by Gasteiger charge is 2.41. The largest absolute Gasteiger partial charge is 0.331 e. The molecule has 2 fully saturated rings. The Bertz CT molecular complexity index is 304. The lowest BCUT2D eigenvalue weighted by molar-refractivity contribution is -0.135. The van der Waals surface area contributed by atoms with Gasteiger partial charge in [-0.1, -0.05) is 24.8 Å². The standard InChI is InChI=1S/C14H24N2O/c1-12(2)10-13(17)16-9-8-15-11-14(16)6-4-3-5-7-14/h10,15H,3-9,11H2,1-2H3. The maximum atomic E-state index is 12.3. The fourth-order valence-corrected chi connectivity index (χ4v) is 3.17. The fraction of sp³-hybridized carbons (Fsp3) is 0.786. The first-order valence-corrected chi connectivity index (χ1v) is 6.81. The van der Waals surface area contributed by atoms with E-state index in [2.05, 4.69) is 10.2 Å². The Morgan fingerprint density at radius 1 is 1.24 bits per heavy atom. The van der Waals surface area contributed by atoms with E-state index in [1.165, 1.54) is 32.1 Å². The molecule has 1 spiro atoms. The van der Waals surface area contributed by atoms with Gasteiger partial charge in [0.25, 0.3) is 0 Å². The summed E-state index contributed by atoms with van der Waals surface area (Å²) in [6.45, 7) is 6.77. The molecule has 0 bridgehead atoms. The van der Waals surface area contributed by atoms with Crippen LogP contribution in [0.4, 0.5) is 0 Å². The predicted octanol–water partition coefficient (Wildman–Crippen LogP) is 2.09. The van der Waals surface area contributed by atoms with Gasteiger partial charge in [0.15, 0.2) is 0 Å². The van der Waals surface area contributed by atoms with Crippen molar-refractivity contribution in [2.45, 2.75) is 51.5 Å². The maximum Gasteiger partial charge on any atom is 0.247 e. The summed E-state index contributed by atoms with van der Waals surface area (Å²) >= 11 is 0. The minimum absolute atomic E-state index is 0.111. The molecule has 17 heavy (non-hydrogen) atoms. The van der Waals surface area contributed by atoms with Crippen molar-refractivity contribution in [1.29, 1.82) is 0 Å². The zero-order chi connectivity index (χ0) is 12.3. The summed E-state index contributed by atoms with van der Waals surface area (Å²) in [6.07, 6.45) is 7.99. The molecule has 1 saturated heterocycles. The predicted molar refractivity (Wildman–Crippen MR) is 69.8 cm³/mol. The first-order valence-electron chi connectivity index (χ1n) is 6.81. The molecule has 1 aliphatic carbocycles. The Balaban J connectivity index is 2.16. The third-order valence-corrected chi connectivity index (χ3v) is 4.00. The van der Waals surface area contributed by atoms with Gasteiger partial charge in [-0.05, 0) is 26.7 Å². The lowest BCUT2D eigenvalue weighted by Crippen LogP contribution is -2.63. The molecule has 0 radical (unpaired) electrons. The van der Waals surface area contributed by atoms with E-state index in [0.29, 0.717) is 0 Å². The quantitative estimate of drug-likeness (QED) is 0.707. The Morgan fingerprint density at radius 3 is 2.59 bits per heavy atom. The molecular formula is C14H24N2O. The average molecular weight is 236 g/mol. The minimum Gasteiger partial charge on any atom is -0.331 e. The van der Waals surface area contributed by atoms with Crippen molar-refractivity contribution in [3.05, 3.63) is 11.6 Å². The second kappa shape index (κ2) is 5.21. The zero-order valence-corrected chi connectivity index (χ0v) is 11.1. The van der Waals surface area contributed by atoms with Crippen LogP contribution in [0.3, 0.4) is 0 Å². The number of hydrogen-bond donors (Lipinski definition) is 1. The summed E-state index contributed by atoms with van der Waals surface area (Å²) in [5.74, 6) is 0.216. The Labute approximate surface area is 104 Å². The normalized spacial score (nSPS) is 23.5. The van der Waals surface area contributed by atoms with Crippen molar-refractivity contribution in [2.24, 2.45) is 0 Å². The Hall–Kier alpha value is -0.830. The van der Waals surface area contributed by atoms with Gasteiger partial charge in [0.2, 0.25) is 5.91 Å². The van der Waals surface area contributed by atoms with Crippen LogP contribution in [-0.4, -0.2) is 36.0 Å². The SMILES string of the molecule is CC(C)=CC(=O)N1CCNCC12CCCCC2. The molecule has 0 unspecified atom stereocenters. The number of rotatable bonds is 1. The summed E-state index contributed by atoms with van der Waals surface area (Å²) in [4.78, 5) is 14.4. The van der Waals surface area contributed by atoms with Crippen LogP contribution in [0.5, 0.6) is 0 Å². The van der Waals surface area contributed by atoms with E-state index in [4.69, 9.17) is 0 Å². The van der Waals surface area contributed by atoms with Crippen LogP contribution in [0.15, 0.2) is 11.6 Å². The number of nitrogens with one attached hydrogen (secondary N) is 1. The van der Waals surface area contributed by atoms with Crippen LogP contribution in [-0.2, 0) is 4.79 Å². The zero-order valence-electron chi connectivity index (χ0n) is 11.1. The summed E-state index contributed by atoms with van der Waals surface area (Å²) in [5.41, 5.74) is 1.21. The van der Waals surface area contributed by atoms with Crippen LogP contribution in [0, 0.1) is 0 Å². The molecule has 0 atom stereocenters. The molecule has 0 aromatic heterocycles. The third-order valence-electron chi connectivity index (χ3n) is 4.00. The van der Waals surface area contributed by atoms with Crippen molar-refractivity contribution in [3.8, 4) is 0 Å². The highest BCUT2D eigenvalue weighted by atomic mass is 16.2. The third kappa shape index (κ3) is 2.71. The van der Waals surface area contributed by atoms with Crippen molar-refractivity contribution < 1.29 is 4.79 Å². The number of amides is 1. The molecule has 1 amide bonds. The number of carbonyl (C=O) groups excluding carboxylic acids is 1. The van der Waals surface area contributed by atoms with Gasteiger partial charge in [-0.25, -0.2) is 0 Å². The number of allylic oxidation sites excluding steroid dienone is 1. The minimum atomic E-state index is 0.111. The Morgan fingerprint density at radius 2 is 1.94 bits per heavy atom.